The van der Waals surface area contributed by atoms with Crippen LogP contribution in [-0.4, -0.2) is 5.78 Å². The van der Waals surface area contributed by atoms with E-state index in [0.29, 0.717) is 18.2 Å². The van der Waals surface area contributed by atoms with Crippen LogP contribution in [0, 0.1) is 0 Å². The fourth-order valence-electron chi connectivity index (χ4n) is 2.00. The van der Waals surface area contributed by atoms with Crippen LogP contribution in [0.15, 0.2) is 48.5 Å². The summed E-state index contributed by atoms with van der Waals surface area (Å²) in [7, 11) is 0. The van der Waals surface area contributed by atoms with Crippen molar-refractivity contribution in [3.05, 3.63) is 70.8 Å². The molecule has 0 aliphatic rings. The average molecular weight is 318 g/mol. The molecule has 0 bridgehead atoms. The summed E-state index contributed by atoms with van der Waals surface area (Å²) in [6.45, 7) is 0. The van der Waals surface area contributed by atoms with Crippen molar-refractivity contribution in [3.8, 4) is 0 Å². The molecule has 116 valence electrons. The second-order valence-electron chi connectivity index (χ2n) is 4.42. The van der Waals surface area contributed by atoms with E-state index in [1.807, 2.05) is 0 Å². The molecule has 22 heavy (non-hydrogen) atoms. The van der Waals surface area contributed by atoms with Crippen molar-refractivity contribution in [3.63, 3.8) is 0 Å². The Morgan fingerprint density at radius 2 is 1.14 bits per heavy atom. The van der Waals surface area contributed by atoms with Crippen LogP contribution in [0.2, 0.25) is 0 Å². The van der Waals surface area contributed by atoms with Gasteiger partial charge in [-0.25, -0.2) is 0 Å². The van der Waals surface area contributed by atoms with E-state index in [2.05, 4.69) is 0 Å². The summed E-state index contributed by atoms with van der Waals surface area (Å²) in [5, 5.41) is 0. The van der Waals surface area contributed by atoms with Crippen LogP contribution >= 0.6 is 0 Å². The van der Waals surface area contributed by atoms with Gasteiger partial charge in [0.2, 0.25) is 0 Å². The number of ketones is 1. The number of hydrogen-bond donors (Lipinski definition) is 0. The number of halogens is 6. The van der Waals surface area contributed by atoms with E-state index in [0.717, 1.165) is 12.1 Å². The van der Waals surface area contributed by atoms with Gasteiger partial charge in [-0.3, -0.25) is 4.79 Å². The van der Waals surface area contributed by atoms with Crippen LogP contribution in [0.3, 0.4) is 0 Å². The molecule has 0 aliphatic heterocycles. The molecule has 0 N–H and O–H groups in total. The second-order valence-corrected chi connectivity index (χ2v) is 4.42. The lowest BCUT2D eigenvalue weighted by atomic mass is 9.93. The number of hydrogen-bond acceptors (Lipinski definition) is 1. The van der Waals surface area contributed by atoms with Gasteiger partial charge in [0, 0.05) is 11.1 Å². The highest BCUT2D eigenvalue weighted by atomic mass is 19.4. The molecule has 1 nitrogen and oxygen atoms in total. The molecule has 0 atom stereocenters. The number of alkyl halides is 6. The molecule has 0 radical (unpaired) electrons. The van der Waals surface area contributed by atoms with Crippen molar-refractivity contribution in [2.45, 2.75) is 12.4 Å². The van der Waals surface area contributed by atoms with E-state index in [1.165, 1.54) is 18.2 Å². The summed E-state index contributed by atoms with van der Waals surface area (Å²) in [5.41, 5.74) is -4.83. The average Bonchev–Trinajstić information content (AvgIpc) is 2.45. The highest BCUT2D eigenvalue weighted by Crippen LogP contribution is 2.40. The summed E-state index contributed by atoms with van der Waals surface area (Å²) < 4.78 is 77.8. The largest absolute Gasteiger partial charge is 0.417 e. The van der Waals surface area contributed by atoms with Crippen molar-refractivity contribution in [1.82, 2.24) is 0 Å². The van der Waals surface area contributed by atoms with Crippen molar-refractivity contribution in [1.29, 1.82) is 0 Å². The van der Waals surface area contributed by atoms with E-state index in [1.54, 1.807) is 0 Å². The number of benzene rings is 2. The highest BCUT2D eigenvalue weighted by molar-refractivity contribution is 6.11. The smallest absolute Gasteiger partial charge is 0.289 e. The molecule has 0 spiro atoms. The summed E-state index contributed by atoms with van der Waals surface area (Å²) >= 11 is 0. The Kier molecular flexibility index (Phi) is 4.00. The van der Waals surface area contributed by atoms with E-state index in [-0.39, 0.29) is 5.56 Å². The summed E-state index contributed by atoms with van der Waals surface area (Å²) in [6.07, 6.45) is -10.1. The van der Waals surface area contributed by atoms with Crippen molar-refractivity contribution in [2.24, 2.45) is 0 Å². The molecule has 0 heterocycles. The third-order valence-electron chi connectivity index (χ3n) is 2.94. The molecule has 7 heteroatoms. The van der Waals surface area contributed by atoms with Gasteiger partial charge in [0.25, 0.3) is 0 Å². The fourth-order valence-corrected chi connectivity index (χ4v) is 2.00. The molecule has 0 fully saturated rings. The van der Waals surface area contributed by atoms with Gasteiger partial charge in [0.05, 0.1) is 11.1 Å². The first kappa shape index (κ1) is 16.1. The minimum atomic E-state index is -5.07. The van der Waals surface area contributed by atoms with Gasteiger partial charge < -0.3 is 0 Å². The standard InChI is InChI=1S/C15H8F6O/c16-14(17,18)10-7-4-8-11(15(19,20)21)12(10)13(22)9-5-2-1-3-6-9/h1-8H. The summed E-state index contributed by atoms with van der Waals surface area (Å²) in [6, 6.07) is 8.10. The Morgan fingerprint density at radius 3 is 1.55 bits per heavy atom. The Balaban J connectivity index is 2.74. The van der Waals surface area contributed by atoms with Crippen molar-refractivity contribution < 1.29 is 31.1 Å². The maximum atomic E-state index is 13.0. The SMILES string of the molecule is O=C(c1ccccc1)c1c(C(F)(F)F)cccc1C(F)(F)F. The van der Waals surface area contributed by atoms with Gasteiger partial charge >= 0.3 is 12.4 Å². The van der Waals surface area contributed by atoms with Crippen LogP contribution < -0.4 is 0 Å². The first-order valence-electron chi connectivity index (χ1n) is 5.99. The minimum absolute atomic E-state index is 0.246. The zero-order chi connectivity index (χ0) is 16.5. The van der Waals surface area contributed by atoms with Crippen LogP contribution in [0.25, 0.3) is 0 Å². The summed E-state index contributed by atoms with van der Waals surface area (Å²) in [4.78, 5) is 12.2. The first-order chi connectivity index (χ1) is 10.1. The monoisotopic (exact) mass is 318 g/mol. The van der Waals surface area contributed by atoms with Gasteiger partial charge in [-0.2, -0.15) is 26.3 Å². The number of rotatable bonds is 2. The van der Waals surface area contributed by atoms with E-state index >= 15 is 0 Å². The maximum absolute atomic E-state index is 13.0. The van der Waals surface area contributed by atoms with Crippen LogP contribution in [0.5, 0.6) is 0 Å². The Labute approximate surface area is 121 Å². The quantitative estimate of drug-likeness (QED) is 0.565. The lowest BCUT2D eigenvalue weighted by molar-refractivity contribution is -0.143. The topological polar surface area (TPSA) is 17.1 Å². The van der Waals surface area contributed by atoms with Gasteiger partial charge in [-0.05, 0) is 12.1 Å². The molecule has 0 amide bonds. The van der Waals surface area contributed by atoms with E-state index in [4.69, 9.17) is 0 Å². The molecular formula is C15H8F6O. The summed E-state index contributed by atoms with van der Waals surface area (Å²) in [5.74, 6) is -1.32. The van der Waals surface area contributed by atoms with Crippen molar-refractivity contribution in [2.75, 3.05) is 0 Å². The number of carbonyl (C=O) groups excluding carboxylic acids is 1. The van der Waals surface area contributed by atoms with Crippen LogP contribution in [0.1, 0.15) is 27.0 Å². The van der Waals surface area contributed by atoms with Gasteiger partial charge in [0.15, 0.2) is 5.78 Å². The molecule has 0 aliphatic carbocycles. The predicted octanol–water partition coefficient (Wildman–Crippen LogP) is 4.96. The zero-order valence-electron chi connectivity index (χ0n) is 10.8. The Morgan fingerprint density at radius 1 is 0.682 bits per heavy atom. The van der Waals surface area contributed by atoms with Crippen LogP contribution in [0.4, 0.5) is 26.3 Å². The molecule has 2 rings (SSSR count). The molecular weight excluding hydrogens is 310 g/mol. The molecule has 2 aromatic carbocycles. The van der Waals surface area contributed by atoms with Gasteiger partial charge in [-0.15, -0.1) is 0 Å². The predicted molar refractivity (Wildman–Crippen MR) is 66.3 cm³/mol. The molecule has 0 saturated carbocycles. The van der Waals surface area contributed by atoms with Crippen LogP contribution in [-0.2, 0) is 12.4 Å². The van der Waals surface area contributed by atoms with Gasteiger partial charge in [-0.1, -0.05) is 36.4 Å². The Bertz CT molecular complexity index is 653. The lowest BCUT2D eigenvalue weighted by Crippen LogP contribution is -2.20. The van der Waals surface area contributed by atoms with Crippen molar-refractivity contribution >= 4 is 5.78 Å². The molecule has 2 aromatic rings. The zero-order valence-corrected chi connectivity index (χ0v) is 10.8. The molecule has 0 saturated heterocycles. The number of carbonyl (C=O) groups is 1. The normalized spacial score (nSPS) is 12.3. The minimum Gasteiger partial charge on any atom is -0.289 e. The maximum Gasteiger partial charge on any atom is 0.417 e. The Hall–Kier alpha value is -2.31. The fraction of sp³-hybridized carbons (Fsp3) is 0.133. The van der Waals surface area contributed by atoms with E-state index < -0.39 is 34.8 Å². The highest BCUT2D eigenvalue weighted by Gasteiger charge is 2.42. The second kappa shape index (κ2) is 5.47. The molecule has 0 aromatic heterocycles. The van der Waals surface area contributed by atoms with E-state index in [9.17, 15) is 31.1 Å². The first-order valence-corrected chi connectivity index (χ1v) is 5.99. The third kappa shape index (κ3) is 3.13. The van der Waals surface area contributed by atoms with Gasteiger partial charge in [0.1, 0.15) is 0 Å². The third-order valence-corrected chi connectivity index (χ3v) is 2.94. The lowest BCUT2D eigenvalue weighted by Gasteiger charge is -2.17. The molecule has 0 unspecified atom stereocenters.